The number of allylic oxidation sites excluding steroid dienone is 10. The molecular formula is C49H85O13P. The van der Waals surface area contributed by atoms with Crippen LogP contribution in [0.15, 0.2) is 60.8 Å². The average molecular weight is 913 g/mol. The topological polar surface area (TPSA) is 210 Å². The smallest absolute Gasteiger partial charge is 0.462 e. The van der Waals surface area contributed by atoms with Gasteiger partial charge in [0.25, 0.3) is 0 Å². The molecule has 63 heavy (non-hydrogen) atoms. The van der Waals surface area contributed by atoms with E-state index in [0.29, 0.717) is 12.8 Å². The first-order valence-corrected chi connectivity index (χ1v) is 25.6. The number of hydrogen-bond acceptors (Lipinski definition) is 12. The molecule has 6 N–H and O–H groups in total. The van der Waals surface area contributed by atoms with Crippen LogP contribution < -0.4 is 0 Å². The second kappa shape index (κ2) is 38.8. The monoisotopic (exact) mass is 913 g/mol. The third-order valence-corrected chi connectivity index (χ3v) is 11.8. The van der Waals surface area contributed by atoms with Crippen LogP contribution in [0.3, 0.4) is 0 Å². The maximum atomic E-state index is 12.8. The molecule has 0 aliphatic heterocycles. The molecule has 6 unspecified atom stereocenters. The summed E-state index contributed by atoms with van der Waals surface area (Å²) in [5.41, 5.74) is 0. The van der Waals surface area contributed by atoms with Gasteiger partial charge in [0.1, 0.15) is 43.2 Å². The van der Waals surface area contributed by atoms with E-state index in [-0.39, 0.29) is 12.8 Å². The molecule has 1 saturated carbocycles. The Kier molecular flexibility index (Phi) is 36.1. The molecule has 8 atom stereocenters. The Balaban J connectivity index is 2.46. The summed E-state index contributed by atoms with van der Waals surface area (Å²) in [6, 6.07) is 0. The molecule has 0 amide bonds. The summed E-state index contributed by atoms with van der Waals surface area (Å²) in [4.78, 5) is 35.8. The van der Waals surface area contributed by atoms with Gasteiger partial charge in [-0.2, -0.15) is 0 Å². The van der Waals surface area contributed by atoms with Crippen LogP contribution in [0.5, 0.6) is 0 Å². The summed E-state index contributed by atoms with van der Waals surface area (Å²) >= 11 is 0. The van der Waals surface area contributed by atoms with Crippen molar-refractivity contribution in [1.29, 1.82) is 0 Å². The molecule has 1 aliphatic carbocycles. The summed E-state index contributed by atoms with van der Waals surface area (Å²) in [5.74, 6) is -1.13. The van der Waals surface area contributed by atoms with Gasteiger partial charge in [-0.25, -0.2) is 4.57 Å². The number of aliphatic hydroxyl groups excluding tert-OH is 5. The fourth-order valence-electron chi connectivity index (χ4n) is 6.98. The molecule has 1 fully saturated rings. The molecule has 0 aromatic rings. The standard InChI is InChI=1S/C49H85O13P/c1-3-5-7-9-11-13-15-17-19-21-23-25-27-29-31-33-35-37-42(50)59-39-41(40-60-63(57,58)62-49-47(55)45(53)44(52)46(54)48(49)56)61-43(51)38-36-34-32-30-28-26-24-22-20-18-16-14-12-10-8-6-4-2/h5,7,11,13,17-20,23,25,41,44-49,52-56H,3-4,6,8-10,12,14-16,21-22,24,26-40H2,1-2H3,(H,57,58)/t41-,44?,45-,46?,47?,48?,49?/m1/s1. The Bertz CT molecular complexity index is 1330. The van der Waals surface area contributed by atoms with E-state index in [2.05, 4.69) is 74.6 Å². The molecule has 0 saturated heterocycles. The Morgan fingerprint density at radius 2 is 0.905 bits per heavy atom. The molecular weight excluding hydrogens is 827 g/mol. The number of aliphatic hydroxyl groups is 5. The molecule has 0 aromatic carbocycles. The Morgan fingerprint density at radius 3 is 1.40 bits per heavy atom. The fraction of sp³-hybridized carbons (Fsp3) is 0.755. The van der Waals surface area contributed by atoms with Gasteiger partial charge in [-0.3, -0.25) is 18.6 Å². The Hall–Kier alpha value is -2.45. The van der Waals surface area contributed by atoms with Gasteiger partial charge in [-0.05, 0) is 77.0 Å². The van der Waals surface area contributed by atoms with E-state index in [9.17, 15) is 44.6 Å². The molecule has 0 aromatic heterocycles. The third kappa shape index (κ3) is 31.2. The van der Waals surface area contributed by atoms with Crippen molar-refractivity contribution in [3.63, 3.8) is 0 Å². The fourth-order valence-corrected chi connectivity index (χ4v) is 7.95. The van der Waals surface area contributed by atoms with Gasteiger partial charge >= 0.3 is 19.8 Å². The van der Waals surface area contributed by atoms with Crippen molar-refractivity contribution in [1.82, 2.24) is 0 Å². The first kappa shape index (κ1) is 58.6. The van der Waals surface area contributed by atoms with Crippen molar-refractivity contribution in [3.05, 3.63) is 60.8 Å². The summed E-state index contributed by atoms with van der Waals surface area (Å²) in [6.07, 6.45) is 34.1. The van der Waals surface area contributed by atoms with Crippen LogP contribution in [0.1, 0.15) is 181 Å². The van der Waals surface area contributed by atoms with Crippen LogP contribution >= 0.6 is 7.82 Å². The molecule has 14 heteroatoms. The second-order valence-electron chi connectivity index (χ2n) is 16.6. The number of phosphoric ester groups is 1. The lowest BCUT2D eigenvalue weighted by Gasteiger charge is -2.41. The Morgan fingerprint density at radius 1 is 0.508 bits per heavy atom. The highest BCUT2D eigenvalue weighted by atomic mass is 31.2. The zero-order chi connectivity index (χ0) is 46.4. The van der Waals surface area contributed by atoms with E-state index in [1.165, 1.54) is 51.4 Å². The van der Waals surface area contributed by atoms with Gasteiger partial charge < -0.3 is 39.9 Å². The van der Waals surface area contributed by atoms with Gasteiger partial charge in [0.2, 0.25) is 0 Å². The minimum Gasteiger partial charge on any atom is -0.462 e. The van der Waals surface area contributed by atoms with Crippen molar-refractivity contribution in [2.75, 3.05) is 13.2 Å². The minimum absolute atomic E-state index is 0.0839. The first-order valence-electron chi connectivity index (χ1n) is 24.1. The summed E-state index contributed by atoms with van der Waals surface area (Å²) in [5, 5.41) is 50.2. The molecule has 0 radical (unpaired) electrons. The largest absolute Gasteiger partial charge is 0.472 e. The molecule has 1 rings (SSSR count). The number of carbonyl (C=O) groups excluding carboxylic acids is 2. The van der Waals surface area contributed by atoms with Crippen molar-refractivity contribution < 1.29 is 63.1 Å². The highest BCUT2D eigenvalue weighted by Crippen LogP contribution is 2.47. The van der Waals surface area contributed by atoms with Crippen LogP contribution in [0.25, 0.3) is 0 Å². The van der Waals surface area contributed by atoms with E-state index in [1.54, 1.807) is 0 Å². The molecule has 0 heterocycles. The van der Waals surface area contributed by atoms with E-state index in [1.807, 2.05) is 0 Å². The quantitative estimate of drug-likeness (QED) is 0.0147. The van der Waals surface area contributed by atoms with Crippen LogP contribution in [-0.2, 0) is 32.7 Å². The van der Waals surface area contributed by atoms with Gasteiger partial charge in [-0.1, -0.05) is 152 Å². The van der Waals surface area contributed by atoms with Gasteiger partial charge in [0.15, 0.2) is 6.10 Å². The van der Waals surface area contributed by atoms with Crippen LogP contribution in [0, 0.1) is 0 Å². The average Bonchev–Trinajstić information content (AvgIpc) is 3.26. The summed E-state index contributed by atoms with van der Waals surface area (Å²) < 4.78 is 33.5. The normalized spacial score (nSPS) is 22.2. The van der Waals surface area contributed by atoms with Crippen molar-refractivity contribution >= 4 is 19.8 Å². The highest BCUT2D eigenvalue weighted by Gasteiger charge is 2.51. The third-order valence-electron chi connectivity index (χ3n) is 10.8. The van der Waals surface area contributed by atoms with E-state index in [0.717, 1.165) is 89.9 Å². The number of phosphoric acid groups is 1. The van der Waals surface area contributed by atoms with Gasteiger partial charge in [0, 0.05) is 12.8 Å². The van der Waals surface area contributed by atoms with Gasteiger partial charge in [0.05, 0.1) is 6.61 Å². The predicted octanol–water partition coefficient (Wildman–Crippen LogP) is 9.73. The lowest BCUT2D eigenvalue weighted by Crippen LogP contribution is -2.64. The lowest BCUT2D eigenvalue weighted by molar-refractivity contribution is -0.220. The number of rotatable bonds is 39. The van der Waals surface area contributed by atoms with Crippen molar-refractivity contribution in [2.24, 2.45) is 0 Å². The van der Waals surface area contributed by atoms with Crippen molar-refractivity contribution in [3.8, 4) is 0 Å². The van der Waals surface area contributed by atoms with Crippen molar-refractivity contribution in [2.45, 2.75) is 224 Å². The minimum atomic E-state index is -5.13. The highest BCUT2D eigenvalue weighted by molar-refractivity contribution is 7.47. The zero-order valence-electron chi connectivity index (χ0n) is 38.6. The SMILES string of the molecule is CCC=CCC=CCC=CCC=CCCCCCCC(=O)OC[C@H](COP(=O)(O)OC1C(O)C(O)C(O)[C@@H](O)C1O)OC(=O)CCCCCCCCCC=CCCCCCCCC. The van der Waals surface area contributed by atoms with Crippen LogP contribution in [0.2, 0.25) is 0 Å². The molecule has 1 aliphatic rings. The first-order chi connectivity index (χ1) is 30.4. The second-order valence-corrected chi connectivity index (χ2v) is 18.0. The number of hydrogen-bond donors (Lipinski definition) is 6. The number of carbonyl (C=O) groups is 2. The van der Waals surface area contributed by atoms with E-state index in [4.69, 9.17) is 18.5 Å². The molecule has 364 valence electrons. The van der Waals surface area contributed by atoms with Crippen LogP contribution in [0.4, 0.5) is 0 Å². The van der Waals surface area contributed by atoms with Gasteiger partial charge in [-0.15, -0.1) is 0 Å². The molecule has 0 bridgehead atoms. The van der Waals surface area contributed by atoms with Crippen LogP contribution in [-0.4, -0.2) is 98.3 Å². The summed E-state index contributed by atoms with van der Waals surface area (Å²) in [7, 11) is -5.13. The lowest BCUT2D eigenvalue weighted by atomic mass is 9.85. The Labute approximate surface area is 379 Å². The van der Waals surface area contributed by atoms with E-state index < -0.39 is 75.7 Å². The zero-order valence-corrected chi connectivity index (χ0v) is 39.5. The predicted molar refractivity (Wildman–Crippen MR) is 249 cm³/mol. The maximum absolute atomic E-state index is 12.8. The number of esters is 2. The maximum Gasteiger partial charge on any atom is 0.472 e. The molecule has 13 nitrogen and oxygen atoms in total. The van der Waals surface area contributed by atoms with E-state index >= 15 is 0 Å². The summed E-state index contributed by atoms with van der Waals surface area (Å²) in [6.45, 7) is 3.16. The number of ether oxygens (including phenoxy) is 2. The molecule has 0 spiro atoms. The number of unbranched alkanes of at least 4 members (excludes halogenated alkanes) is 17.